The number of benzene rings is 2. The Hall–Kier alpha value is -2.77. The predicted molar refractivity (Wildman–Crippen MR) is 102 cm³/mol. The minimum absolute atomic E-state index is 0.0213. The Morgan fingerprint density at radius 1 is 1.00 bits per heavy atom. The minimum Gasteiger partial charge on any atom is -0.345 e. The molecule has 3 aromatic rings. The molecule has 0 aliphatic carbocycles. The van der Waals surface area contributed by atoms with Crippen molar-refractivity contribution in [2.45, 2.75) is 22.8 Å². The van der Waals surface area contributed by atoms with Crippen molar-refractivity contribution in [2.24, 2.45) is 0 Å². The molecule has 1 N–H and O–H groups in total. The summed E-state index contributed by atoms with van der Waals surface area (Å²) in [5, 5.41) is 4.78. The van der Waals surface area contributed by atoms with Crippen LogP contribution in [0.2, 0.25) is 0 Å². The summed E-state index contributed by atoms with van der Waals surface area (Å²) in [5.41, 5.74) is 0.456. The first-order chi connectivity index (χ1) is 12.9. The Morgan fingerprint density at radius 2 is 1.74 bits per heavy atom. The number of amides is 1. The van der Waals surface area contributed by atoms with Crippen LogP contribution >= 0.6 is 11.3 Å². The number of hydrogen-bond donors (Lipinski definition) is 1. The van der Waals surface area contributed by atoms with Crippen molar-refractivity contribution in [3.8, 4) is 0 Å². The Kier molecular flexibility index (Phi) is 4.20. The molecule has 1 aliphatic rings. The van der Waals surface area contributed by atoms with Gasteiger partial charge < -0.3 is 5.32 Å². The molecule has 2 heterocycles. The zero-order chi connectivity index (χ0) is 19.2. The first kappa shape index (κ1) is 17.6. The van der Waals surface area contributed by atoms with Gasteiger partial charge in [-0.3, -0.25) is 9.59 Å². The lowest BCUT2D eigenvalue weighted by Gasteiger charge is -2.19. The molecule has 4 rings (SSSR count). The molecule has 0 saturated carbocycles. The average Bonchev–Trinajstić information content (AvgIpc) is 3.21. The minimum atomic E-state index is -3.86. The quantitative estimate of drug-likeness (QED) is 0.573. The fraction of sp³-hybridized carbons (Fsp3) is 0.100. The van der Waals surface area contributed by atoms with Crippen molar-refractivity contribution in [3.05, 3.63) is 81.5 Å². The molecule has 0 fully saturated rings. The number of thiophene rings is 1. The molecular weight excluding hydrogens is 382 g/mol. The molecule has 0 bridgehead atoms. The van der Waals surface area contributed by atoms with Gasteiger partial charge in [-0.25, -0.2) is 8.42 Å². The molecule has 1 aliphatic heterocycles. The van der Waals surface area contributed by atoms with Crippen LogP contribution in [0, 0.1) is 0 Å². The van der Waals surface area contributed by atoms with Crippen molar-refractivity contribution < 1.29 is 18.0 Å². The van der Waals surface area contributed by atoms with E-state index in [1.54, 1.807) is 12.1 Å². The van der Waals surface area contributed by atoms with Crippen molar-refractivity contribution in [1.82, 2.24) is 5.32 Å². The summed E-state index contributed by atoms with van der Waals surface area (Å²) < 4.78 is 25.9. The van der Waals surface area contributed by atoms with E-state index in [1.807, 2.05) is 24.4 Å². The van der Waals surface area contributed by atoms with E-state index in [1.165, 1.54) is 41.7 Å². The van der Waals surface area contributed by atoms with Crippen LogP contribution in [-0.4, -0.2) is 20.1 Å². The molecule has 1 amide bonds. The normalized spacial score (nSPS) is 15.5. The van der Waals surface area contributed by atoms with Crippen LogP contribution in [0.1, 0.15) is 44.1 Å². The Labute approximate surface area is 160 Å². The topological polar surface area (TPSA) is 80.3 Å². The lowest BCUT2D eigenvalue weighted by atomic mass is 10.0. The number of ketones is 1. The first-order valence-electron chi connectivity index (χ1n) is 8.27. The van der Waals surface area contributed by atoms with Gasteiger partial charge in [-0.05, 0) is 48.7 Å². The van der Waals surface area contributed by atoms with Crippen LogP contribution in [0.4, 0.5) is 0 Å². The number of carbonyl (C=O) groups is 2. The highest BCUT2D eigenvalue weighted by Gasteiger charge is 2.35. The number of nitrogens with one attached hydrogen (secondary N) is 1. The molecule has 0 saturated heterocycles. The van der Waals surface area contributed by atoms with E-state index in [0.717, 1.165) is 4.88 Å². The number of hydrogen-bond acceptors (Lipinski definition) is 5. The summed E-state index contributed by atoms with van der Waals surface area (Å²) in [6, 6.07) is 13.9. The second kappa shape index (κ2) is 6.44. The third-order valence-corrected chi connectivity index (χ3v) is 7.42. The Bertz CT molecular complexity index is 1160. The fourth-order valence-electron chi connectivity index (χ4n) is 3.11. The Balaban J connectivity index is 1.72. The van der Waals surface area contributed by atoms with Crippen LogP contribution in [0.15, 0.2) is 69.8 Å². The first-order valence-corrected chi connectivity index (χ1v) is 10.6. The van der Waals surface area contributed by atoms with Crippen molar-refractivity contribution in [1.29, 1.82) is 0 Å². The predicted octanol–water partition coefficient (Wildman–Crippen LogP) is 3.62. The molecule has 0 spiro atoms. The maximum atomic E-state index is 12.9. The van der Waals surface area contributed by atoms with E-state index in [2.05, 4.69) is 5.32 Å². The molecule has 0 radical (unpaired) electrons. The highest BCUT2D eigenvalue weighted by Crippen LogP contribution is 2.34. The summed E-state index contributed by atoms with van der Waals surface area (Å²) in [4.78, 5) is 26.1. The smallest absolute Gasteiger partial charge is 0.251 e. The molecule has 0 unspecified atom stereocenters. The lowest BCUT2D eigenvalue weighted by molar-refractivity contribution is 0.0938. The highest BCUT2D eigenvalue weighted by molar-refractivity contribution is 7.91. The summed E-state index contributed by atoms with van der Waals surface area (Å²) in [7, 11) is -3.86. The average molecular weight is 397 g/mol. The van der Waals surface area contributed by atoms with Crippen LogP contribution in [0.3, 0.4) is 0 Å². The SMILES string of the molecule is C[C@@H](NC(=O)c1ccc2c(c1)S(=O)(=O)c1ccccc1C2=O)c1cccs1. The lowest BCUT2D eigenvalue weighted by Crippen LogP contribution is -2.27. The summed E-state index contributed by atoms with van der Waals surface area (Å²) in [6.07, 6.45) is 0. The van der Waals surface area contributed by atoms with E-state index in [-0.39, 0.29) is 44.2 Å². The van der Waals surface area contributed by atoms with Gasteiger partial charge in [0.05, 0.1) is 15.8 Å². The van der Waals surface area contributed by atoms with Crippen LogP contribution in [0.25, 0.3) is 0 Å². The van der Waals surface area contributed by atoms with Gasteiger partial charge in [0, 0.05) is 21.6 Å². The summed E-state index contributed by atoms with van der Waals surface area (Å²) in [6.45, 7) is 1.86. The number of fused-ring (bicyclic) bond motifs is 2. The second-order valence-electron chi connectivity index (χ2n) is 6.25. The molecule has 5 nitrogen and oxygen atoms in total. The summed E-state index contributed by atoms with van der Waals surface area (Å²) in [5.74, 6) is -0.741. The summed E-state index contributed by atoms with van der Waals surface area (Å²) >= 11 is 1.53. The van der Waals surface area contributed by atoms with Crippen LogP contribution in [-0.2, 0) is 9.84 Å². The van der Waals surface area contributed by atoms with Gasteiger partial charge in [0.2, 0.25) is 9.84 Å². The van der Waals surface area contributed by atoms with Gasteiger partial charge in [-0.15, -0.1) is 11.3 Å². The number of carbonyl (C=O) groups excluding carboxylic acids is 2. The van der Waals surface area contributed by atoms with E-state index in [0.29, 0.717) is 0 Å². The zero-order valence-corrected chi connectivity index (χ0v) is 15.9. The highest BCUT2D eigenvalue weighted by atomic mass is 32.2. The zero-order valence-electron chi connectivity index (χ0n) is 14.3. The monoisotopic (exact) mass is 397 g/mol. The molecule has 2 aromatic carbocycles. The fourth-order valence-corrected chi connectivity index (χ4v) is 5.53. The van der Waals surface area contributed by atoms with Crippen molar-refractivity contribution in [3.63, 3.8) is 0 Å². The van der Waals surface area contributed by atoms with Crippen LogP contribution in [0.5, 0.6) is 0 Å². The molecule has 1 atom stereocenters. The largest absolute Gasteiger partial charge is 0.345 e. The maximum Gasteiger partial charge on any atom is 0.251 e. The van der Waals surface area contributed by atoms with Gasteiger partial charge >= 0.3 is 0 Å². The standard InChI is InChI=1S/C20H15NO4S2/c1-12(16-6-4-10-26-16)21-20(23)13-8-9-15-18(11-13)27(24,25)17-7-3-2-5-14(17)19(15)22/h2-12H,1H3,(H,21,23)/t12-/m1/s1. The van der Waals surface area contributed by atoms with Gasteiger partial charge in [0.15, 0.2) is 5.78 Å². The van der Waals surface area contributed by atoms with Crippen molar-refractivity contribution >= 4 is 32.9 Å². The van der Waals surface area contributed by atoms with Crippen molar-refractivity contribution in [2.75, 3.05) is 0 Å². The molecular formula is C20H15NO4S2. The van der Waals surface area contributed by atoms with Gasteiger partial charge in [-0.1, -0.05) is 18.2 Å². The van der Waals surface area contributed by atoms with Crippen LogP contribution < -0.4 is 5.32 Å². The number of rotatable bonds is 3. The third-order valence-electron chi connectivity index (χ3n) is 4.52. The van der Waals surface area contributed by atoms with E-state index < -0.39 is 9.84 Å². The van der Waals surface area contributed by atoms with Gasteiger partial charge in [0.25, 0.3) is 5.91 Å². The Morgan fingerprint density at radius 3 is 2.48 bits per heavy atom. The van der Waals surface area contributed by atoms with E-state index in [4.69, 9.17) is 0 Å². The molecule has 7 heteroatoms. The molecule has 1 aromatic heterocycles. The van der Waals surface area contributed by atoms with E-state index >= 15 is 0 Å². The maximum absolute atomic E-state index is 12.9. The van der Waals surface area contributed by atoms with E-state index in [9.17, 15) is 18.0 Å². The molecule has 136 valence electrons. The second-order valence-corrected chi connectivity index (χ2v) is 9.12. The third kappa shape index (κ3) is 2.89. The van der Waals surface area contributed by atoms with Gasteiger partial charge in [-0.2, -0.15) is 0 Å². The molecule has 27 heavy (non-hydrogen) atoms. The van der Waals surface area contributed by atoms with Gasteiger partial charge in [0.1, 0.15) is 0 Å². The number of sulfone groups is 1.